The van der Waals surface area contributed by atoms with Crippen molar-refractivity contribution in [2.75, 3.05) is 13.1 Å². The van der Waals surface area contributed by atoms with Gasteiger partial charge in [0.25, 0.3) is 5.91 Å². The van der Waals surface area contributed by atoms with Gasteiger partial charge in [0.2, 0.25) is 5.91 Å². The van der Waals surface area contributed by atoms with E-state index < -0.39 is 5.91 Å². The Bertz CT molecular complexity index is 513. The van der Waals surface area contributed by atoms with Crippen LogP contribution in [0.1, 0.15) is 48.5 Å². The van der Waals surface area contributed by atoms with E-state index in [1.807, 2.05) is 4.90 Å². The van der Waals surface area contributed by atoms with Crippen molar-refractivity contribution in [2.45, 2.75) is 38.1 Å². The fraction of sp³-hybridized carbons (Fsp3) is 0.643. The normalized spacial score (nSPS) is 20.1. The summed E-state index contributed by atoms with van der Waals surface area (Å²) in [5, 5.41) is 4.13. The molecule has 1 aromatic rings. The minimum absolute atomic E-state index is 0.177. The number of rotatable bonds is 4. The zero-order chi connectivity index (χ0) is 14.1. The molecule has 0 aromatic carbocycles. The number of primary amides is 1. The van der Waals surface area contributed by atoms with Gasteiger partial charge in [0, 0.05) is 25.7 Å². The second-order valence-corrected chi connectivity index (χ2v) is 5.88. The maximum atomic E-state index is 12.1. The lowest BCUT2D eigenvalue weighted by Crippen LogP contribution is -2.51. The van der Waals surface area contributed by atoms with E-state index in [1.165, 1.54) is 31.9 Å². The molecule has 1 aromatic heterocycles. The van der Waals surface area contributed by atoms with Crippen molar-refractivity contribution in [3.8, 4) is 0 Å². The van der Waals surface area contributed by atoms with E-state index in [0.717, 1.165) is 0 Å². The molecule has 6 nitrogen and oxygen atoms in total. The van der Waals surface area contributed by atoms with Crippen LogP contribution in [0.4, 0.5) is 0 Å². The second kappa shape index (κ2) is 5.26. The van der Waals surface area contributed by atoms with Gasteiger partial charge in [-0.2, -0.15) is 5.10 Å². The van der Waals surface area contributed by atoms with Gasteiger partial charge < -0.3 is 10.6 Å². The number of amides is 2. The summed E-state index contributed by atoms with van der Waals surface area (Å²) in [5.41, 5.74) is 5.61. The first-order valence-corrected chi connectivity index (χ1v) is 7.25. The summed E-state index contributed by atoms with van der Waals surface area (Å²) in [6, 6.07) is 0.177. The van der Waals surface area contributed by atoms with Gasteiger partial charge in [0.1, 0.15) is 0 Å². The van der Waals surface area contributed by atoms with Gasteiger partial charge in [-0.1, -0.05) is 12.8 Å². The molecular formula is C14H20N4O2. The molecule has 108 valence electrons. The molecule has 6 heteroatoms. The van der Waals surface area contributed by atoms with Gasteiger partial charge in [-0.15, -0.1) is 0 Å². The zero-order valence-corrected chi connectivity index (χ0v) is 11.5. The summed E-state index contributed by atoms with van der Waals surface area (Å²) in [7, 11) is 0. The zero-order valence-electron chi connectivity index (χ0n) is 11.5. The Morgan fingerprint density at radius 2 is 2.00 bits per heavy atom. The molecule has 2 N–H and O–H groups in total. The Morgan fingerprint density at radius 3 is 2.60 bits per heavy atom. The first-order chi connectivity index (χ1) is 9.63. The van der Waals surface area contributed by atoms with Crippen molar-refractivity contribution in [3.63, 3.8) is 0 Å². The van der Waals surface area contributed by atoms with Gasteiger partial charge in [0.15, 0.2) is 0 Å². The average Bonchev–Trinajstić information content (AvgIpc) is 2.97. The molecule has 0 unspecified atom stereocenters. The van der Waals surface area contributed by atoms with Crippen LogP contribution in [0.25, 0.3) is 0 Å². The standard InChI is InChI=1S/C14H20N4O2/c15-14(20)11-6-16-18(7-11)12-8-17(9-12)13(19)5-10-3-1-2-4-10/h6-7,10,12H,1-5,8-9H2,(H2,15,20). The van der Waals surface area contributed by atoms with Crippen LogP contribution in [0.3, 0.4) is 0 Å². The van der Waals surface area contributed by atoms with Crippen molar-refractivity contribution in [2.24, 2.45) is 11.7 Å². The Hall–Kier alpha value is -1.85. The van der Waals surface area contributed by atoms with Crippen LogP contribution in [0.2, 0.25) is 0 Å². The molecule has 1 saturated heterocycles. The summed E-state index contributed by atoms with van der Waals surface area (Å²) in [6.07, 6.45) is 8.76. The Balaban J connectivity index is 1.49. The van der Waals surface area contributed by atoms with Crippen LogP contribution in [0.5, 0.6) is 0 Å². The lowest BCUT2D eigenvalue weighted by Gasteiger charge is -2.39. The lowest BCUT2D eigenvalue weighted by atomic mass is 10.0. The third-order valence-corrected chi connectivity index (χ3v) is 4.41. The highest BCUT2D eigenvalue weighted by molar-refractivity contribution is 5.92. The summed E-state index contributed by atoms with van der Waals surface area (Å²) >= 11 is 0. The van der Waals surface area contributed by atoms with E-state index in [0.29, 0.717) is 31.0 Å². The molecule has 2 amide bonds. The van der Waals surface area contributed by atoms with E-state index in [2.05, 4.69) is 5.10 Å². The average molecular weight is 276 g/mol. The quantitative estimate of drug-likeness (QED) is 0.888. The van der Waals surface area contributed by atoms with Crippen LogP contribution >= 0.6 is 0 Å². The maximum absolute atomic E-state index is 12.1. The molecule has 3 rings (SSSR count). The van der Waals surface area contributed by atoms with E-state index in [4.69, 9.17) is 5.73 Å². The predicted molar refractivity (Wildman–Crippen MR) is 72.9 cm³/mol. The fourth-order valence-corrected chi connectivity index (χ4v) is 3.08. The molecule has 2 heterocycles. The highest BCUT2D eigenvalue weighted by Crippen LogP contribution is 2.30. The Kier molecular flexibility index (Phi) is 3.46. The predicted octanol–water partition coefficient (Wildman–Crippen LogP) is 0.946. The third-order valence-electron chi connectivity index (χ3n) is 4.41. The molecule has 0 radical (unpaired) electrons. The molecule has 20 heavy (non-hydrogen) atoms. The molecule has 2 aliphatic rings. The maximum Gasteiger partial charge on any atom is 0.251 e. The third kappa shape index (κ3) is 2.55. The largest absolute Gasteiger partial charge is 0.366 e. The molecule has 0 spiro atoms. The second-order valence-electron chi connectivity index (χ2n) is 5.88. The smallest absolute Gasteiger partial charge is 0.251 e. The van der Waals surface area contributed by atoms with Gasteiger partial charge in [-0.25, -0.2) is 0 Å². The summed E-state index contributed by atoms with van der Waals surface area (Å²) in [4.78, 5) is 25.0. The van der Waals surface area contributed by atoms with Gasteiger partial charge in [-0.3, -0.25) is 14.3 Å². The number of nitrogens with zero attached hydrogens (tertiary/aromatic N) is 3. The monoisotopic (exact) mass is 276 g/mol. The van der Waals surface area contributed by atoms with Crippen LogP contribution in [-0.2, 0) is 4.79 Å². The molecule has 2 fully saturated rings. The van der Waals surface area contributed by atoms with Crippen molar-refractivity contribution in [1.82, 2.24) is 14.7 Å². The van der Waals surface area contributed by atoms with E-state index in [9.17, 15) is 9.59 Å². The van der Waals surface area contributed by atoms with Crippen molar-refractivity contribution < 1.29 is 9.59 Å². The van der Waals surface area contributed by atoms with Gasteiger partial charge >= 0.3 is 0 Å². The van der Waals surface area contributed by atoms with Crippen LogP contribution < -0.4 is 5.73 Å². The summed E-state index contributed by atoms with van der Waals surface area (Å²) in [6.45, 7) is 1.37. The van der Waals surface area contributed by atoms with Crippen LogP contribution in [0.15, 0.2) is 12.4 Å². The minimum atomic E-state index is -0.468. The van der Waals surface area contributed by atoms with Crippen LogP contribution in [-0.4, -0.2) is 39.6 Å². The van der Waals surface area contributed by atoms with E-state index >= 15 is 0 Å². The molecule has 1 aliphatic heterocycles. The summed E-state index contributed by atoms with van der Waals surface area (Å²) in [5.74, 6) is 0.382. The molecule has 0 bridgehead atoms. The number of nitrogens with two attached hydrogens (primary N) is 1. The number of carbonyl (C=O) groups is 2. The highest BCUT2D eigenvalue weighted by Gasteiger charge is 2.33. The van der Waals surface area contributed by atoms with Crippen molar-refractivity contribution in [1.29, 1.82) is 0 Å². The SMILES string of the molecule is NC(=O)c1cnn(C2CN(C(=O)CC3CCCC3)C2)c1. The van der Waals surface area contributed by atoms with Crippen LogP contribution in [0, 0.1) is 5.92 Å². The topological polar surface area (TPSA) is 81.2 Å². The molecule has 0 atom stereocenters. The lowest BCUT2D eigenvalue weighted by molar-refractivity contribution is -0.138. The summed E-state index contributed by atoms with van der Waals surface area (Å²) < 4.78 is 1.74. The van der Waals surface area contributed by atoms with Crippen molar-refractivity contribution >= 4 is 11.8 Å². The number of aromatic nitrogens is 2. The molecule has 1 saturated carbocycles. The minimum Gasteiger partial charge on any atom is -0.366 e. The Morgan fingerprint density at radius 1 is 1.30 bits per heavy atom. The van der Waals surface area contributed by atoms with E-state index in [-0.39, 0.29) is 11.9 Å². The number of hydrogen-bond acceptors (Lipinski definition) is 3. The Labute approximate surface area is 117 Å². The number of carbonyl (C=O) groups excluding carboxylic acids is 2. The van der Waals surface area contributed by atoms with Gasteiger partial charge in [0.05, 0.1) is 17.8 Å². The first-order valence-electron chi connectivity index (χ1n) is 7.25. The highest BCUT2D eigenvalue weighted by atomic mass is 16.2. The molecular weight excluding hydrogens is 256 g/mol. The molecule has 1 aliphatic carbocycles. The van der Waals surface area contributed by atoms with E-state index in [1.54, 1.807) is 10.9 Å². The number of hydrogen-bond donors (Lipinski definition) is 1. The van der Waals surface area contributed by atoms with Gasteiger partial charge in [-0.05, 0) is 18.8 Å². The van der Waals surface area contributed by atoms with Crippen molar-refractivity contribution in [3.05, 3.63) is 18.0 Å². The fourth-order valence-electron chi connectivity index (χ4n) is 3.08. The number of likely N-dealkylation sites (tertiary alicyclic amines) is 1. The first kappa shape index (κ1) is 13.1.